The van der Waals surface area contributed by atoms with Crippen molar-refractivity contribution in [2.75, 3.05) is 10.6 Å². The summed E-state index contributed by atoms with van der Waals surface area (Å²) in [6.07, 6.45) is -0.0557. The van der Waals surface area contributed by atoms with Crippen LogP contribution in [0.4, 0.5) is 11.8 Å². The first kappa shape index (κ1) is 27.5. The van der Waals surface area contributed by atoms with Gasteiger partial charge in [0, 0.05) is 17.5 Å². The molecule has 1 unspecified atom stereocenters. The zero-order chi connectivity index (χ0) is 29.1. The summed E-state index contributed by atoms with van der Waals surface area (Å²) in [5.74, 6) is 1.10. The van der Waals surface area contributed by atoms with Crippen LogP contribution in [-0.2, 0) is 0 Å². The highest BCUT2D eigenvalue weighted by Gasteiger charge is 2.48. The summed E-state index contributed by atoms with van der Waals surface area (Å²) in [6.45, 7) is 9.10. The first-order chi connectivity index (χ1) is 19.5. The van der Waals surface area contributed by atoms with Crippen LogP contribution in [-0.4, -0.2) is 59.1 Å². The van der Waals surface area contributed by atoms with Crippen LogP contribution in [0.2, 0.25) is 0 Å². The number of aliphatic hydroxyl groups excluding tert-OH is 2. The molecule has 214 valence electrons. The molecule has 4 aromatic heterocycles. The van der Waals surface area contributed by atoms with E-state index < -0.39 is 29.8 Å². The number of furan rings is 1. The first-order valence-corrected chi connectivity index (χ1v) is 14.5. The van der Waals surface area contributed by atoms with Crippen LogP contribution >= 0.6 is 11.3 Å². The number of aliphatic hydroxyl groups is 3. The van der Waals surface area contributed by atoms with Crippen molar-refractivity contribution >= 4 is 44.3 Å². The van der Waals surface area contributed by atoms with Gasteiger partial charge in [-0.15, -0.1) is 11.3 Å². The van der Waals surface area contributed by atoms with Crippen molar-refractivity contribution in [3.63, 3.8) is 0 Å². The van der Waals surface area contributed by atoms with Crippen molar-refractivity contribution in [3.05, 3.63) is 59.7 Å². The SMILES string of the molecule is Cc1nc(N[C@H](C)c2cc3ccccc3o2)nc(NC2C[C@H](C(C)(C)O)[C@@H](O)[C@H]2O)c1-c1nc2c(C)nccc2s1. The molecule has 10 nitrogen and oxygen atoms in total. The average Bonchev–Trinajstić information content (AvgIpc) is 3.61. The number of pyridine rings is 1. The van der Waals surface area contributed by atoms with Gasteiger partial charge in [-0.25, -0.2) is 9.97 Å². The molecule has 5 atom stereocenters. The predicted octanol–water partition coefficient (Wildman–Crippen LogP) is 4.98. The Morgan fingerprint density at radius 3 is 2.54 bits per heavy atom. The predicted molar refractivity (Wildman–Crippen MR) is 160 cm³/mol. The number of hydrogen-bond acceptors (Lipinski definition) is 11. The third-order valence-corrected chi connectivity index (χ3v) is 8.96. The van der Waals surface area contributed by atoms with Crippen molar-refractivity contribution in [1.29, 1.82) is 0 Å². The molecule has 0 amide bonds. The summed E-state index contributed by atoms with van der Waals surface area (Å²) in [6, 6.07) is 11.0. The van der Waals surface area contributed by atoms with Gasteiger partial charge >= 0.3 is 0 Å². The Hall–Kier alpha value is -3.64. The fourth-order valence-electron chi connectivity index (χ4n) is 5.62. The summed E-state index contributed by atoms with van der Waals surface area (Å²) >= 11 is 1.52. The molecule has 41 heavy (non-hydrogen) atoms. The normalized spacial score (nSPS) is 22.0. The van der Waals surface area contributed by atoms with Crippen molar-refractivity contribution < 1.29 is 19.7 Å². The zero-order valence-electron chi connectivity index (χ0n) is 23.6. The lowest BCUT2D eigenvalue weighted by Crippen LogP contribution is -2.40. The molecule has 1 aromatic carbocycles. The second-order valence-electron chi connectivity index (χ2n) is 11.4. The lowest BCUT2D eigenvalue weighted by atomic mass is 9.88. The molecule has 0 aliphatic heterocycles. The van der Waals surface area contributed by atoms with Gasteiger partial charge in [0.05, 0.1) is 45.4 Å². The molecular formula is C30H34N6O4S. The summed E-state index contributed by atoms with van der Waals surface area (Å²) in [4.78, 5) is 18.9. The maximum absolute atomic E-state index is 11.0. The molecule has 11 heteroatoms. The van der Waals surface area contributed by atoms with Crippen LogP contribution in [0.3, 0.4) is 0 Å². The van der Waals surface area contributed by atoms with Gasteiger partial charge in [-0.1, -0.05) is 18.2 Å². The zero-order valence-corrected chi connectivity index (χ0v) is 24.4. The molecule has 5 N–H and O–H groups in total. The Bertz CT molecular complexity index is 1690. The van der Waals surface area contributed by atoms with E-state index in [1.54, 1.807) is 20.0 Å². The minimum Gasteiger partial charge on any atom is -0.459 e. The average molecular weight is 575 g/mol. The molecule has 4 heterocycles. The number of nitrogens with zero attached hydrogens (tertiary/aromatic N) is 4. The number of anilines is 2. The maximum atomic E-state index is 11.0. The number of rotatable bonds is 7. The second-order valence-corrected chi connectivity index (χ2v) is 12.4. The fraction of sp³-hybridized carbons (Fsp3) is 0.400. The molecule has 6 rings (SSSR count). The highest BCUT2D eigenvalue weighted by molar-refractivity contribution is 7.21. The first-order valence-electron chi connectivity index (χ1n) is 13.7. The van der Waals surface area contributed by atoms with E-state index in [2.05, 4.69) is 15.6 Å². The lowest BCUT2D eigenvalue weighted by molar-refractivity contribution is -0.0601. The van der Waals surface area contributed by atoms with Gasteiger partial charge in [-0.2, -0.15) is 4.98 Å². The van der Waals surface area contributed by atoms with E-state index in [0.717, 1.165) is 37.6 Å². The number of aromatic nitrogens is 4. The lowest BCUT2D eigenvalue weighted by Gasteiger charge is -2.28. The number of fused-ring (bicyclic) bond motifs is 2. The van der Waals surface area contributed by atoms with E-state index in [9.17, 15) is 15.3 Å². The van der Waals surface area contributed by atoms with Crippen LogP contribution in [0.15, 0.2) is 47.0 Å². The maximum Gasteiger partial charge on any atom is 0.225 e. The van der Waals surface area contributed by atoms with E-state index in [-0.39, 0.29) is 6.04 Å². The molecule has 0 saturated heterocycles. The Morgan fingerprint density at radius 1 is 1.05 bits per heavy atom. The highest BCUT2D eigenvalue weighted by atomic mass is 32.1. The van der Waals surface area contributed by atoms with Crippen LogP contribution in [0.5, 0.6) is 0 Å². The smallest absolute Gasteiger partial charge is 0.225 e. The molecule has 1 saturated carbocycles. The van der Waals surface area contributed by atoms with Crippen LogP contribution in [0.25, 0.3) is 31.8 Å². The molecule has 5 aromatic rings. The largest absolute Gasteiger partial charge is 0.459 e. The Balaban J connectivity index is 1.39. The third-order valence-electron chi connectivity index (χ3n) is 7.92. The molecule has 0 radical (unpaired) electrons. The number of aryl methyl sites for hydroxylation is 2. The number of para-hydroxylation sites is 1. The quantitative estimate of drug-likeness (QED) is 0.180. The van der Waals surface area contributed by atoms with Crippen molar-refractivity contribution in [1.82, 2.24) is 19.9 Å². The minimum atomic E-state index is -1.16. The molecule has 1 aliphatic rings. The monoisotopic (exact) mass is 574 g/mol. The van der Waals surface area contributed by atoms with Gasteiger partial charge in [0.1, 0.15) is 33.8 Å². The highest BCUT2D eigenvalue weighted by Crippen LogP contribution is 2.40. The topological polar surface area (TPSA) is 149 Å². The van der Waals surface area contributed by atoms with Gasteiger partial charge in [0.25, 0.3) is 0 Å². The van der Waals surface area contributed by atoms with Crippen molar-refractivity contribution in [2.45, 2.75) is 70.9 Å². The second kappa shape index (κ2) is 10.3. The molecule has 1 fully saturated rings. The Labute approximate surface area is 241 Å². The fourth-order valence-corrected chi connectivity index (χ4v) is 6.73. The summed E-state index contributed by atoms with van der Waals surface area (Å²) in [7, 11) is 0. The Morgan fingerprint density at radius 2 is 1.83 bits per heavy atom. The molecule has 0 bridgehead atoms. The number of thiazole rings is 1. The van der Waals surface area contributed by atoms with Crippen molar-refractivity contribution in [3.8, 4) is 10.6 Å². The van der Waals surface area contributed by atoms with Gasteiger partial charge in [-0.3, -0.25) is 4.98 Å². The van der Waals surface area contributed by atoms with Crippen LogP contribution < -0.4 is 10.6 Å². The van der Waals surface area contributed by atoms with Gasteiger partial charge < -0.3 is 30.4 Å². The van der Waals surface area contributed by atoms with Gasteiger partial charge in [-0.05, 0) is 59.2 Å². The van der Waals surface area contributed by atoms with E-state index in [1.807, 2.05) is 57.2 Å². The minimum absolute atomic E-state index is 0.227. The van der Waals surface area contributed by atoms with E-state index >= 15 is 0 Å². The standard InChI is InChI=1S/C30H34N6O4S/c1-14(21-12-17-8-6-7-9-20(17)40-21)32-29-33-15(2)23(28-35-24-16(3)31-11-10-22(24)41-28)27(36-29)34-19-13-18(30(4,5)39)25(37)26(19)38/h6-12,14,18-19,25-26,37-39H,13H2,1-5H3,(H2,32,33,34,36)/t14-,18+,19?,25-,26+/m1/s1. The van der Waals surface area contributed by atoms with E-state index in [0.29, 0.717) is 29.4 Å². The van der Waals surface area contributed by atoms with Gasteiger partial charge in [0.15, 0.2) is 0 Å². The van der Waals surface area contributed by atoms with Crippen LogP contribution in [0.1, 0.15) is 50.4 Å². The number of hydrogen-bond donors (Lipinski definition) is 5. The third kappa shape index (κ3) is 5.14. The van der Waals surface area contributed by atoms with Crippen LogP contribution in [0, 0.1) is 19.8 Å². The Kier molecular flexibility index (Phi) is 6.93. The van der Waals surface area contributed by atoms with Gasteiger partial charge in [0.2, 0.25) is 5.95 Å². The van der Waals surface area contributed by atoms with Crippen molar-refractivity contribution in [2.24, 2.45) is 5.92 Å². The summed E-state index contributed by atoms with van der Waals surface area (Å²) in [5, 5.41) is 40.8. The van der Waals surface area contributed by atoms with E-state index in [4.69, 9.17) is 19.4 Å². The number of benzene rings is 1. The summed E-state index contributed by atoms with van der Waals surface area (Å²) in [5.41, 5.74) is 2.70. The molecule has 1 aliphatic carbocycles. The summed E-state index contributed by atoms with van der Waals surface area (Å²) < 4.78 is 7.04. The van der Waals surface area contributed by atoms with E-state index in [1.165, 1.54) is 11.3 Å². The molecule has 0 spiro atoms. The molecular weight excluding hydrogens is 540 g/mol. The number of nitrogens with one attached hydrogen (secondary N) is 2.